The SMILES string of the molecule is CCc1cc(C(C)(C)C)nn1Cc1ccc(Cl)cc1Cl. The Labute approximate surface area is 130 Å². The van der Waals surface area contributed by atoms with Crippen LogP contribution in [-0.4, -0.2) is 9.78 Å². The van der Waals surface area contributed by atoms with Crippen molar-refractivity contribution in [1.29, 1.82) is 0 Å². The van der Waals surface area contributed by atoms with Gasteiger partial charge in [-0.1, -0.05) is 57.0 Å². The van der Waals surface area contributed by atoms with E-state index in [1.165, 1.54) is 5.69 Å². The van der Waals surface area contributed by atoms with Crippen molar-refractivity contribution < 1.29 is 0 Å². The Morgan fingerprint density at radius 3 is 2.40 bits per heavy atom. The molecule has 20 heavy (non-hydrogen) atoms. The molecule has 0 aliphatic carbocycles. The molecular formula is C16H20Cl2N2. The average molecular weight is 311 g/mol. The first-order chi connectivity index (χ1) is 9.31. The Kier molecular flexibility index (Phi) is 4.46. The zero-order valence-electron chi connectivity index (χ0n) is 12.4. The summed E-state index contributed by atoms with van der Waals surface area (Å²) >= 11 is 12.2. The Hall–Kier alpha value is -0.990. The van der Waals surface area contributed by atoms with E-state index in [9.17, 15) is 0 Å². The van der Waals surface area contributed by atoms with Gasteiger partial charge in [-0.25, -0.2) is 0 Å². The van der Waals surface area contributed by atoms with Crippen LogP contribution in [0.3, 0.4) is 0 Å². The molecule has 0 aliphatic rings. The smallest absolute Gasteiger partial charge is 0.0681 e. The highest BCUT2D eigenvalue weighted by atomic mass is 35.5. The van der Waals surface area contributed by atoms with Gasteiger partial charge in [0.1, 0.15) is 0 Å². The summed E-state index contributed by atoms with van der Waals surface area (Å²) in [5, 5.41) is 6.08. The maximum Gasteiger partial charge on any atom is 0.0681 e. The number of hydrogen-bond donors (Lipinski definition) is 0. The van der Waals surface area contributed by atoms with Gasteiger partial charge in [0, 0.05) is 21.2 Å². The third-order valence-electron chi connectivity index (χ3n) is 3.33. The molecule has 1 aromatic heterocycles. The third kappa shape index (κ3) is 3.36. The monoisotopic (exact) mass is 310 g/mol. The number of halogens is 2. The van der Waals surface area contributed by atoms with Crippen molar-refractivity contribution in [2.75, 3.05) is 0 Å². The normalized spacial score (nSPS) is 11.9. The lowest BCUT2D eigenvalue weighted by molar-refractivity contribution is 0.542. The number of nitrogens with zero attached hydrogens (tertiary/aromatic N) is 2. The van der Waals surface area contributed by atoms with Crippen LogP contribution in [0.15, 0.2) is 24.3 Å². The van der Waals surface area contributed by atoms with Crippen molar-refractivity contribution in [2.24, 2.45) is 0 Å². The van der Waals surface area contributed by atoms with Gasteiger partial charge in [-0.15, -0.1) is 0 Å². The van der Waals surface area contributed by atoms with Crippen LogP contribution < -0.4 is 0 Å². The van der Waals surface area contributed by atoms with Gasteiger partial charge in [0.2, 0.25) is 0 Å². The molecule has 108 valence electrons. The van der Waals surface area contributed by atoms with Gasteiger partial charge in [-0.05, 0) is 30.2 Å². The van der Waals surface area contributed by atoms with Gasteiger partial charge in [-0.3, -0.25) is 4.68 Å². The van der Waals surface area contributed by atoms with E-state index in [0.29, 0.717) is 16.6 Å². The molecule has 0 N–H and O–H groups in total. The lowest BCUT2D eigenvalue weighted by atomic mass is 9.92. The molecule has 0 atom stereocenters. The van der Waals surface area contributed by atoms with E-state index in [1.54, 1.807) is 6.07 Å². The molecule has 0 spiro atoms. The molecule has 0 bridgehead atoms. The van der Waals surface area contributed by atoms with E-state index in [4.69, 9.17) is 28.3 Å². The molecule has 2 rings (SSSR count). The third-order valence-corrected chi connectivity index (χ3v) is 3.92. The molecule has 0 amide bonds. The summed E-state index contributed by atoms with van der Waals surface area (Å²) in [6.07, 6.45) is 0.953. The molecule has 1 heterocycles. The summed E-state index contributed by atoms with van der Waals surface area (Å²) in [6, 6.07) is 7.78. The van der Waals surface area contributed by atoms with Gasteiger partial charge >= 0.3 is 0 Å². The van der Waals surface area contributed by atoms with Gasteiger partial charge in [0.05, 0.1) is 12.2 Å². The minimum absolute atomic E-state index is 0.0545. The maximum atomic E-state index is 6.25. The lowest BCUT2D eigenvalue weighted by Crippen LogP contribution is -2.13. The van der Waals surface area contributed by atoms with Crippen LogP contribution in [-0.2, 0) is 18.4 Å². The second kappa shape index (κ2) is 5.79. The topological polar surface area (TPSA) is 17.8 Å². The molecule has 2 nitrogen and oxygen atoms in total. The van der Waals surface area contributed by atoms with Gasteiger partial charge in [0.15, 0.2) is 0 Å². The standard InChI is InChI=1S/C16H20Cl2N2/c1-5-13-9-15(16(2,3)4)19-20(13)10-11-6-7-12(17)8-14(11)18/h6-9H,5,10H2,1-4H3. The summed E-state index contributed by atoms with van der Waals surface area (Å²) in [6.45, 7) is 9.34. The predicted molar refractivity (Wildman–Crippen MR) is 85.9 cm³/mol. The van der Waals surface area contributed by atoms with E-state index in [1.807, 2.05) is 16.8 Å². The fraction of sp³-hybridized carbons (Fsp3) is 0.438. The molecule has 0 saturated heterocycles. The lowest BCUT2D eigenvalue weighted by Gasteiger charge is -2.14. The van der Waals surface area contributed by atoms with Gasteiger partial charge < -0.3 is 0 Å². The number of benzene rings is 1. The summed E-state index contributed by atoms with van der Waals surface area (Å²) in [7, 11) is 0. The Morgan fingerprint density at radius 2 is 1.85 bits per heavy atom. The number of rotatable bonds is 3. The summed E-state index contributed by atoms with van der Waals surface area (Å²) in [5.41, 5.74) is 3.42. The molecular weight excluding hydrogens is 291 g/mol. The molecule has 4 heteroatoms. The maximum absolute atomic E-state index is 6.25. The zero-order valence-corrected chi connectivity index (χ0v) is 13.9. The average Bonchev–Trinajstić information content (AvgIpc) is 2.75. The summed E-state index contributed by atoms with van der Waals surface area (Å²) in [4.78, 5) is 0. The minimum atomic E-state index is 0.0545. The molecule has 0 fully saturated rings. The van der Waals surface area contributed by atoms with Crippen LogP contribution in [0.25, 0.3) is 0 Å². The van der Waals surface area contributed by atoms with Crippen molar-refractivity contribution >= 4 is 23.2 Å². The van der Waals surface area contributed by atoms with E-state index in [0.717, 1.165) is 17.7 Å². The molecule has 0 aliphatic heterocycles. The van der Waals surface area contributed by atoms with Gasteiger partial charge in [-0.2, -0.15) is 5.10 Å². The van der Waals surface area contributed by atoms with E-state index in [-0.39, 0.29) is 5.41 Å². The van der Waals surface area contributed by atoms with Crippen molar-refractivity contribution in [3.8, 4) is 0 Å². The molecule has 0 saturated carbocycles. The number of hydrogen-bond acceptors (Lipinski definition) is 1. The predicted octanol–water partition coefficient (Wildman–Crippen LogP) is 5.10. The van der Waals surface area contributed by atoms with Crippen LogP contribution in [0.1, 0.15) is 44.6 Å². The van der Waals surface area contributed by atoms with Crippen molar-refractivity contribution in [3.63, 3.8) is 0 Å². The number of aryl methyl sites for hydroxylation is 1. The summed E-state index contributed by atoms with van der Waals surface area (Å²) < 4.78 is 2.04. The van der Waals surface area contributed by atoms with E-state index >= 15 is 0 Å². The summed E-state index contributed by atoms with van der Waals surface area (Å²) in [5.74, 6) is 0. The van der Waals surface area contributed by atoms with Crippen molar-refractivity contribution in [1.82, 2.24) is 9.78 Å². The minimum Gasteiger partial charge on any atom is -0.265 e. The largest absolute Gasteiger partial charge is 0.265 e. The molecule has 2 aromatic rings. The van der Waals surface area contributed by atoms with Crippen molar-refractivity contribution in [2.45, 2.75) is 46.1 Å². The Balaban J connectivity index is 2.35. The Morgan fingerprint density at radius 1 is 1.15 bits per heavy atom. The van der Waals surface area contributed by atoms with Crippen LogP contribution in [0.2, 0.25) is 10.0 Å². The first-order valence-electron chi connectivity index (χ1n) is 6.82. The zero-order chi connectivity index (χ0) is 14.9. The highest BCUT2D eigenvalue weighted by Gasteiger charge is 2.19. The first kappa shape index (κ1) is 15.4. The first-order valence-corrected chi connectivity index (χ1v) is 7.58. The molecule has 1 aromatic carbocycles. The van der Waals surface area contributed by atoms with Gasteiger partial charge in [0.25, 0.3) is 0 Å². The van der Waals surface area contributed by atoms with Crippen molar-refractivity contribution in [3.05, 3.63) is 51.3 Å². The van der Waals surface area contributed by atoms with Crippen LogP contribution in [0.5, 0.6) is 0 Å². The fourth-order valence-electron chi connectivity index (χ4n) is 2.05. The highest BCUT2D eigenvalue weighted by molar-refractivity contribution is 6.35. The molecule has 0 radical (unpaired) electrons. The Bertz CT molecular complexity index is 609. The fourth-order valence-corrected chi connectivity index (χ4v) is 2.52. The molecule has 0 unspecified atom stereocenters. The van der Waals surface area contributed by atoms with Crippen LogP contribution in [0, 0.1) is 0 Å². The van der Waals surface area contributed by atoms with E-state index in [2.05, 4.69) is 33.8 Å². The highest BCUT2D eigenvalue weighted by Crippen LogP contribution is 2.25. The number of aromatic nitrogens is 2. The quantitative estimate of drug-likeness (QED) is 0.771. The van der Waals surface area contributed by atoms with E-state index < -0.39 is 0 Å². The van der Waals surface area contributed by atoms with Crippen LogP contribution >= 0.6 is 23.2 Å². The van der Waals surface area contributed by atoms with Crippen LogP contribution in [0.4, 0.5) is 0 Å². The second-order valence-electron chi connectivity index (χ2n) is 6.02. The second-order valence-corrected chi connectivity index (χ2v) is 6.86.